The highest BCUT2D eigenvalue weighted by Gasteiger charge is 2.21. The summed E-state index contributed by atoms with van der Waals surface area (Å²) in [7, 11) is 1.95. The Labute approximate surface area is 132 Å². The predicted octanol–water partition coefficient (Wildman–Crippen LogP) is 1.28. The van der Waals surface area contributed by atoms with E-state index >= 15 is 0 Å². The van der Waals surface area contributed by atoms with Gasteiger partial charge < -0.3 is 10.6 Å². The number of anilines is 1. The van der Waals surface area contributed by atoms with Crippen LogP contribution in [0.1, 0.15) is 11.5 Å². The molecule has 5 nitrogen and oxygen atoms in total. The lowest BCUT2D eigenvalue weighted by Gasteiger charge is -2.37. The first-order chi connectivity index (χ1) is 10.8. The molecule has 1 saturated heterocycles. The average molecular weight is 299 g/mol. The summed E-state index contributed by atoms with van der Waals surface area (Å²) in [6, 6.07) is 10.7. The molecule has 22 heavy (non-hydrogen) atoms. The number of aryl methyl sites for hydroxylation is 1. The normalized spacial score (nSPS) is 17.6. The number of nitrogens with two attached hydrogens (primary N) is 1. The van der Waals surface area contributed by atoms with Gasteiger partial charge in [-0.1, -0.05) is 18.2 Å². The van der Waals surface area contributed by atoms with E-state index in [0.717, 1.165) is 32.7 Å². The van der Waals surface area contributed by atoms with Gasteiger partial charge in [0.2, 0.25) is 0 Å². The van der Waals surface area contributed by atoms with Crippen molar-refractivity contribution in [1.29, 1.82) is 0 Å². The molecule has 1 atom stereocenters. The van der Waals surface area contributed by atoms with Crippen LogP contribution in [-0.2, 0) is 7.05 Å². The third-order valence-corrected chi connectivity index (χ3v) is 4.45. The highest BCUT2D eigenvalue weighted by molar-refractivity contribution is 5.46. The van der Waals surface area contributed by atoms with Crippen LogP contribution < -0.4 is 10.6 Å². The van der Waals surface area contributed by atoms with Crippen LogP contribution in [0.15, 0.2) is 42.7 Å². The van der Waals surface area contributed by atoms with Crippen LogP contribution in [-0.4, -0.2) is 53.9 Å². The van der Waals surface area contributed by atoms with Crippen LogP contribution in [0, 0.1) is 0 Å². The van der Waals surface area contributed by atoms with E-state index in [-0.39, 0.29) is 0 Å². The number of nitrogens with zero attached hydrogens (tertiary/aromatic N) is 4. The van der Waals surface area contributed by atoms with Crippen LogP contribution in [0.5, 0.6) is 0 Å². The first-order valence-corrected chi connectivity index (χ1v) is 7.97. The summed E-state index contributed by atoms with van der Waals surface area (Å²) < 4.78 is 1.85. The fourth-order valence-corrected chi connectivity index (χ4v) is 3.11. The Morgan fingerprint density at radius 2 is 1.86 bits per heavy atom. The Morgan fingerprint density at radius 3 is 2.45 bits per heavy atom. The van der Waals surface area contributed by atoms with Gasteiger partial charge in [-0.3, -0.25) is 9.58 Å². The minimum Gasteiger partial charge on any atom is -0.369 e. The second-order valence-electron chi connectivity index (χ2n) is 6.00. The number of piperazine rings is 1. The predicted molar refractivity (Wildman–Crippen MR) is 90.1 cm³/mol. The van der Waals surface area contributed by atoms with Crippen LogP contribution in [0.25, 0.3) is 0 Å². The Kier molecular flexibility index (Phi) is 4.75. The molecule has 0 spiro atoms. The third kappa shape index (κ3) is 3.48. The van der Waals surface area contributed by atoms with Gasteiger partial charge in [-0.15, -0.1) is 0 Å². The van der Waals surface area contributed by atoms with Gasteiger partial charge in [0, 0.05) is 64.1 Å². The van der Waals surface area contributed by atoms with Gasteiger partial charge in [0.05, 0.1) is 6.20 Å². The summed E-state index contributed by atoms with van der Waals surface area (Å²) in [6.07, 6.45) is 4.02. The molecule has 1 aliphatic rings. The Bertz CT molecular complexity index is 572. The number of aromatic nitrogens is 2. The maximum Gasteiger partial charge on any atom is 0.0525 e. The molecular formula is C17H25N5. The molecule has 2 aromatic rings. The number of hydrogen-bond acceptors (Lipinski definition) is 4. The summed E-state index contributed by atoms with van der Waals surface area (Å²) in [5.41, 5.74) is 8.55. The zero-order valence-electron chi connectivity index (χ0n) is 13.2. The zero-order chi connectivity index (χ0) is 15.4. The molecule has 1 unspecified atom stereocenters. The minimum atomic E-state index is 0.372. The van der Waals surface area contributed by atoms with Crippen molar-refractivity contribution in [3.05, 3.63) is 48.3 Å². The third-order valence-electron chi connectivity index (χ3n) is 4.45. The van der Waals surface area contributed by atoms with Crippen LogP contribution in [0.2, 0.25) is 0 Å². The Hall–Kier alpha value is -1.85. The fourth-order valence-electron chi connectivity index (χ4n) is 3.11. The number of benzene rings is 1. The maximum absolute atomic E-state index is 5.98. The second kappa shape index (κ2) is 6.94. The quantitative estimate of drug-likeness (QED) is 0.904. The molecule has 2 heterocycles. The second-order valence-corrected chi connectivity index (χ2v) is 6.00. The molecule has 1 aliphatic heterocycles. The molecule has 0 aliphatic carbocycles. The molecular weight excluding hydrogens is 274 g/mol. The Morgan fingerprint density at radius 1 is 1.14 bits per heavy atom. The molecule has 1 aromatic carbocycles. The summed E-state index contributed by atoms with van der Waals surface area (Å²) in [5.74, 6) is 0.372. The number of rotatable bonds is 5. The standard InChI is InChI=1S/C17H25N5/c1-20-13-16(12-19-20)15(11-18)14-21-7-9-22(10-8-21)17-5-3-2-4-6-17/h2-6,12-13,15H,7-11,14,18H2,1H3. The van der Waals surface area contributed by atoms with Gasteiger partial charge >= 0.3 is 0 Å². The molecule has 0 radical (unpaired) electrons. The van der Waals surface area contributed by atoms with E-state index in [0.29, 0.717) is 12.5 Å². The van der Waals surface area contributed by atoms with E-state index in [4.69, 9.17) is 5.73 Å². The van der Waals surface area contributed by atoms with Gasteiger partial charge in [0.25, 0.3) is 0 Å². The molecule has 3 rings (SSSR count). The molecule has 1 aromatic heterocycles. The van der Waals surface area contributed by atoms with Gasteiger partial charge in [-0.05, 0) is 17.7 Å². The van der Waals surface area contributed by atoms with Crippen molar-refractivity contribution in [2.75, 3.05) is 44.2 Å². The zero-order valence-corrected chi connectivity index (χ0v) is 13.2. The van der Waals surface area contributed by atoms with E-state index in [1.807, 2.05) is 17.9 Å². The van der Waals surface area contributed by atoms with Crippen LogP contribution >= 0.6 is 0 Å². The van der Waals surface area contributed by atoms with Crippen LogP contribution in [0.3, 0.4) is 0 Å². The topological polar surface area (TPSA) is 50.3 Å². The SMILES string of the molecule is Cn1cc(C(CN)CN2CCN(c3ccccc3)CC2)cn1. The highest BCUT2D eigenvalue weighted by atomic mass is 15.3. The monoisotopic (exact) mass is 299 g/mol. The molecule has 2 N–H and O–H groups in total. The van der Waals surface area contributed by atoms with Crippen molar-refractivity contribution in [1.82, 2.24) is 14.7 Å². The smallest absolute Gasteiger partial charge is 0.0525 e. The van der Waals surface area contributed by atoms with E-state index in [2.05, 4.69) is 51.4 Å². The van der Waals surface area contributed by atoms with Crippen molar-refractivity contribution in [2.45, 2.75) is 5.92 Å². The lowest BCUT2D eigenvalue weighted by molar-refractivity contribution is 0.243. The van der Waals surface area contributed by atoms with Crippen molar-refractivity contribution in [3.63, 3.8) is 0 Å². The van der Waals surface area contributed by atoms with Gasteiger partial charge in [-0.2, -0.15) is 5.10 Å². The van der Waals surface area contributed by atoms with E-state index < -0.39 is 0 Å². The molecule has 118 valence electrons. The van der Waals surface area contributed by atoms with Crippen molar-refractivity contribution < 1.29 is 0 Å². The molecule has 0 amide bonds. The first-order valence-electron chi connectivity index (χ1n) is 7.97. The van der Waals surface area contributed by atoms with Crippen molar-refractivity contribution in [3.8, 4) is 0 Å². The van der Waals surface area contributed by atoms with Gasteiger partial charge in [0.1, 0.15) is 0 Å². The number of para-hydroxylation sites is 1. The largest absolute Gasteiger partial charge is 0.369 e. The lowest BCUT2D eigenvalue weighted by Crippen LogP contribution is -2.48. The maximum atomic E-state index is 5.98. The number of hydrogen-bond donors (Lipinski definition) is 1. The van der Waals surface area contributed by atoms with Crippen molar-refractivity contribution >= 4 is 5.69 Å². The first kappa shape index (κ1) is 15.1. The van der Waals surface area contributed by atoms with E-state index in [9.17, 15) is 0 Å². The van der Waals surface area contributed by atoms with Gasteiger partial charge in [0.15, 0.2) is 0 Å². The summed E-state index contributed by atoms with van der Waals surface area (Å²) in [4.78, 5) is 4.97. The molecule has 1 fully saturated rings. The highest BCUT2D eigenvalue weighted by Crippen LogP contribution is 2.19. The fraction of sp³-hybridized carbons (Fsp3) is 0.471. The lowest BCUT2D eigenvalue weighted by atomic mass is 10.0. The van der Waals surface area contributed by atoms with Crippen LogP contribution in [0.4, 0.5) is 5.69 Å². The summed E-state index contributed by atoms with van der Waals surface area (Å²) in [6.45, 7) is 6.02. The molecule has 5 heteroatoms. The van der Waals surface area contributed by atoms with E-state index in [1.165, 1.54) is 11.3 Å². The van der Waals surface area contributed by atoms with E-state index in [1.54, 1.807) is 0 Å². The van der Waals surface area contributed by atoms with Gasteiger partial charge in [-0.25, -0.2) is 0 Å². The molecule has 0 bridgehead atoms. The van der Waals surface area contributed by atoms with Crippen molar-refractivity contribution in [2.24, 2.45) is 12.8 Å². The minimum absolute atomic E-state index is 0.372. The molecule has 0 saturated carbocycles. The summed E-state index contributed by atoms with van der Waals surface area (Å²) >= 11 is 0. The average Bonchev–Trinajstić information content (AvgIpc) is 3.00. The summed E-state index contributed by atoms with van der Waals surface area (Å²) in [5, 5.41) is 4.26. The Balaban J connectivity index is 1.55.